The molecule has 146 valence electrons. The lowest BCUT2D eigenvalue weighted by Gasteiger charge is -2.04. The Balaban J connectivity index is 1.66. The Morgan fingerprint density at radius 1 is 1.29 bits per heavy atom. The molecule has 0 spiro atoms. The van der Waals surface area contributed by atoms with Gasteiger partial charge in [0.15, 0.2) is 11.6 Å². The van der Waals surface area contributed by atoms with Gasteiger partial charge in [-0.15, -0.1) is 0 Å². The lowest BCUT2D eigenvalue weighted by atomic mass is 10.3. The molecule has 0 fully saturated rings. The van der Waals surface area contributed by atoms with Crippen LogP contribution in [0.1, 0.15) is 28.7 Å². The molecule has 1 amide bonds. The third-order valence-electron chi connectivity index (χ3n) is 3.50. The average Bonchev–Trinajstić information content (AvgIpc) is 3.26. The number of rotatable bonds is 7. The van der Waals surface area contributed by atoms with Crippen molar-refractivity contribution in [2.75, 3.05) is 17.7 Å². The molecule has 0 bridgehead atoms. The molecule has 11 heteroatoms. The topological polar surface area (TPSA) is 125 Å². The highest BCUT2D eigenvalue weighted by Gasteiger charge is 2.16. The van der Waals surface area contributed by atoms with Gasteiger partial charge in [-0.3, -0.25) is 4.79 Å². The van der Waals surface area contributed by atoms with Crippen LogP contribution in [0, 0.1) is 13.8 Å². The van der Waals surface area contributed by atoms with Crippen LogP contribution in [0.2, 0.25) is 0 Å². The molecule has 0 radical (unpaired) electrons. The predicted molar refractivity (Wildman–Crippen MR) is 100 cm³/mol. The Morgan fingerprint density at radius 3 is 2.82 bits per heavy atom. The van der Waals surface area contributed by atoms with Crippen molar-refractivity contribution in [2.45, 2.75) is 25.8 Å². The number of ether oxygens (including phenoxy) is 1. The smallest absolute Gasteiger partial charge is 0.341 e. The number of carbonyl (C=O) groups excluding carboxylic acids is 2. The molecule has 0 saturated carbocycles. The number of esters is 1. The summed E-state index contributed by atoms with van der Waals surface area (Å²) in [5.74, 6) is 0.913. The number of hydrogen-bond donors (Lipinski definition) is 1. The number of carbonyl (C=O) groups is 2. The SMILES string of the molecule is CCOC(=O)c1cn(-c2cc(SCC(=O)Nc3cc(C)on3)ncn2)nc1C. The summed E-state index contributed by atoms with van der Waals surface area (Å²) in [6.45, 7) is 5.49. The van der Waals surface area contributed by atoms with Crippen LogP contribution in [-0.4, -0.2) is 49.1 Å². The number of nitrogens with zero attached hydrogens (tertiary/aromatic N) is 5. The van der Waals surface area contributed by atoms with E-state index in [9.17, 15) is 9.59 Å². The molecule has 3 rings (SSSR count). The largest absolute Gasteiger partial charge is 0.462 e. The zero-order valence-electron chi connectivity index (χ0n) is 15.5. The molecule has 3 aromatic heterocycles. The molecular weight excluding hydrogens is 384 g/mol. The summed E-state index contributed by atoms with van der Waals surface area (Å²) < 4.78 is 11.4. The minimum absolute atomic E-state index is 0.134. The maximum absolute atomic E-state index is 12.0. The first-order valence-corrected chi connectivity index (χ1v) is 9.36. The van der Waals surface area contributed by atoms with Crippen LogP contribution < -0.4 is 5.32 Å². The van der Waals surface area contributed by atoms with Gasteiger partial charge < -0.3 is 14.6 Å². The fraction of sp³-hybridized carbons (Fsp3) is 0.294. The van der Waals surface area contributed by atoms with E-state index in [1.807, 2.05) is 0 Å². The van der Waals surface area contributed by atoms with Crippen LogP contribution in [0.4, 0.5) is 5.82 Å². The van der Waals surface area contributed by atoms with Crippen molar-refractivity contribution < 1.29 is 18.8 Å². The highest BCUT2D eigenvalue weighted by atomic mass is 32.2. The Kier molecular flexibility index (Phi) is 6.04. The van der Waals surface area contributed by atoms with E-state index >= 15 is 0 Å². The van der Waals surface area contributed by atoms with Gasteiger partial charge in [-0.25, -0.2) is 19.4 Å². The first-order valence-electron chi connectivity index (χ1n) is 8.38. The third-order valence-corrected chi connectivity index (χ3v) is 4.43. The minimum atomic E-state index is -0.435. The fourth-order valence-electron chi connectivity index (χ4n) is 2.26. The van der Waals surface area contributed by atoms with Crippen molar-refractivity contribution in [1.82, 2.24) is 24.9 Å². The second-order valence-electron chi connectivity index (χ2n) is 5.67. The van der Waals surface area contributed by atoms with E-state index in [0.29, 0.717) is 33.7 Å². The number of amides is 1. The lowest BCUT2D eigenvalue weighted by Crippen LogP contribution is -2.14. The summed E-state index contributed by atoms with van der Waals surface area (Å²) in [6.07, 6.45) is 2.93. The molecule has 1 N–H and O–H groups in total. The van der Waals surface area contributed by atoms with Gasteiger partial charge in [0, 0.05) is 18.3 Å². The Morgan fingerprint density at radius 2 is 2.11 bits per heavy atom. The van der Waals surface area contributed by atoms with Crippen molar-refractivity contribution in [3.8, 4) is 5.82 Å². The van der Waals surface area contributed by atoms with Crippen molar-refractivity contribution in [3.05, 3.63) is 41.7 Å². The first kappa shape index (κ1) is 19.5. The van der Waals surface area contributed by atoms with Crippen molar-refractivity contribution in [3.63, 3.8) is 0 Å². The van der Waals surface area contributed by atoms with Crippen molar-refractivity contribution in [1.29, 1.82) is 0 Å². The van der Waals surface area contributed by atoms with Crippen LogP contribution in [0.3, 0.4) is 0 Å². The standard InChI is InChI=1S/C17H18N6O4S/c1-4-26-17(25)12-7-23(21-11(12)3)14-6-16(19-9-18-14)28-8-15(24)20-13-5-10(2)27-22-13/h5-7,9H,4,8H2,1-3H3,(H,20,22,24). The van der Waals surface area contributed by atoms with E-state index in [1.165, 1.54) is 22.8 Å². The maximum Gasteiger partial charge on any atom is 0.341 e. The summed E-state index contributed by atoms with van der Waals surface area (Å²) in [7, 11) is 0. The molecule has 0 aliphatic heterocycles. The molecule has 0 saturated heterocycles. The van der Waals surface area contributed by atoms with Gasteiger partial charge in [-0.2, -0.15) is 5.10 Å². The molecule has 0 aliphatic rings. The minimum Gasteiger partial charge on any atom is -0.462 e. The van der Waals surface area contributed by atoms with Gasteiger partial charge in [0.25, 0.3) is 0 Å². The third kappa shape index (κ3) is 4.74. The number of nitrogens with one attached hydrogen (secondary N) is 1. The van der Waals surface area contributed by atoms with Crippen LogP contribution in [0.5, 0.6) is 0 Å². The normalized spacial score (nSPS) is 10.7. The van der Waals surface area contributed by atoms with Crippen LogP contribution in [0.15, 0.2) is 34.2 Å². The molecule has 3 aromatic rings. The molecule has 28 heavy (non-hydrogen) atoms. The number of hydrogen-bond acceptors (Lipinski definition) is 9. The van der Waals surface area contributed by atoms with Gasteiger partial charge in [0.2, 0.25) is 5.91 Å². The number of aromatic nitrogens is 5. The number of thioether (sulfide) groups is 1. The zero-order valence-corrected chi connectivity index (χ0v) is 16.3. The summed E-state index contributed by atoms with van der Waals surface area (Å²) >= 11 is 1.23. The van der Waals surface area contributed by atoms with E-state index in [1.54, 1.807) is 39.1 Å². The summed E-state index contributed by atoms with van der Waals surface area (Å²) in [5.41, 5.74) is 0.908. The molecule has 0 aromatic carbocycles. The Hall–Kier alpha value is -3.21. The number of aryl methyl sites for hydroxylation is 2. The van der Waals surface area contributed by atoms with Crippen LogP contribution in [-0.2, 0) is 9.53 Å². The zero-order chi connectivity index (χ0) is 20.1. The molecular formula is C17H18N6O4S. The van der Waals surface area contributed by atoms with E-state index < -0.39 is 5.97 Å². The quantitative estimate of drug-likeness (QED) is 0.359. The monoisotopic (exact) mass is 402 g/mol. The second-order valence-corrected chi connectivity index (χ2v) is 6.66. The molecule has 0 aliphatic carbocycles. The second kappa shape index (κ2) is 8.65. The van der Waals surface area contributed by atoms with E-state index in [4.69, 9.17) is 9.26 Å². The Bertz CT molecular complexity index is 999. The molecule has 3 heterocycles. The number of anilines is 1. The Labute approximate surface area is 164 Å². The average molecular weight is 402 g/mol. The van der Waals surface area contributed by atoms with E-state index in [0.717, 1.165) is 0 Å². The van der Waals surface area contributed by atoms with Crippen LogP contribution in [0.25, 0.3) is 5.82 Å². The fourth-order valence-corrected chi connectivity index (χ4v) is 2.93. The lowest BCUT2D eigenvalue weighted by molar-refractivity contribution is -0.113. The van der Waals surface area contributed by atoms with Gasteiger partial charge in [0.05, 0.1) is 18.1 Å². The van der Waals surface area contributed by atoms with Gasteiger partial charge in [-0.1, -0.05) is 16.9 Å². The molecule has 10 nitrogen and oxygen atoms in total. The molecule has 0 unspecified atom stereocenters. The van der Waals surface area contributed by atoms with E-state index in [-0.39, 0.29) is 18.3 Å². The maximum atomic E-state index is 12.0. The van der Waals surface area contributed by atoms with Crippen LogP contribution >= 0.6 is 11.8 Å². The highest BCUT2D eigenvalue weighted by Crippen LogP contribution is 2.18. The van der Waals surface area contributed by atoms with Gasteiger partial charge >= 0.3 is 5.97 Å². The van der Waals surface area contributed by atoms with Gasteiger partial charge in [0.1, 0.15) is 22.7 Å². The summed E-state index contributed by atoms with van der Waals surface area (Å²) in [5, 5.41) is 11.2. The van der Waals surface area contributed by atoms with Crippen molar-refractivity contribution in [2.24, 2.45) is 0 Å². The van der Waals surface area contributed by atoms with Gasteiger partial charge in [-0.05, 0) is 20.8 Å². The summed E-state index contributed by atoms with van der Waals surface area (Å²) in [6, 6.07) is 3.31. The summed E-state index contributed by atoms with van der Waals surface area (Å²) in [4.78, 5) is 32.3. The predicted octanol–water partition coefficient (Wildman–Crippen LogP) is 2.17. The highest BCUT2D eigenvalue weighted by molar-refractivity contribution is 7.99. The van der Waals surface area contributed by atoms with Crippen molar-refractivity contribution >= 4 is 29.5 Å². The van der Waals surface area contributed by atoms with E-state index in [2.05, 4.69) is 25.5 Å². The molecule has 0 atom stereocenters. The first-order chi connectivity index (χ1) is 13.5.